The molecule has 1 fully saturated rings. The number of halogens is 2. The molecule has 0 aromatic heterocycles. The summed E-state index contributed by atoms with van der Waals surface area (Å²) in [7, 11) is 0. The molecule has 0 amide bonds. The molecule has 2 N–H and O–H groups in total. The third-order valence-electron chi connectivity index (χ3n) is 3.42. The van der Waals surface area contributed by atoms with Crippen LogP contribution in [0.4, 0.5) is 5.69 Å². The Hall–Kier alpha value is -0.930. The van der Waals surface area contributed by atoms with Crippen LogP contribution in [0.25, 0.3) is 0 Å². The van der Waals surface area contributed by atoms with Crippen molar-refractivity contribution in [3.8, 4) is 0 Å². The summed E-state index contributed by atoms with van der Waals surface area (Å²) in [6.07, 6.45) is 4.14. The van der Waals surface area contributed by atoms with Gasteiger partial charge in [0.2, 0.25) is 0 Å². The third kappa shape index (κ3) is 2.73. The summed E-state index contributed by atoms with van der Waals surface area (Å²) in [5.74, 6) is -0.821. The summed E-state index contributed by atoms with van der Waals surface area (Å²) in [6, 6.07) is 5.02. The molecule has 0 atom stereocenters. The fraction of sp³-hybridized carbons (Fsp3) is 0.462. The van der Waals surface area contributed by atoms with E-state index < -0.39 is 11.5 Å². The highest BCUT2D eigenvalue weighted by Gasteiger charge is 2.39. The number of benzene rings is 1. The Labute approximate surface area is 116 Å². The van der Waals surface area contributed by atoms with Gasteiger partial charge in [-0.25, -0.2) is 4.79 Å². The summed E-state index contributed by atoms with van der Waals surface area (Å²) in [6.45, 7) is 0. The average Bonchev–Trinajstić information content (AvgIpc) is 2.35. The number of aliphatic carboxylic acids is 1. The third-order valence-corrected chi connectivity index (χ3v) is 3.98. The molecule has 0 heterocycles. The van der Waals surface area contributed by atoms with Gasteiger partial charge in [-0.05, 0) is 31.0 Å². The number of hydrogen-bond acceptors (Lipinski definition) is 2. The first-order valence-corrected chi connectivity index (χ1v) is 6.76. The fourth-order valence-corrected chi connectivity index (χ4v) is 2.74. The van der Waals surface area contributed by atoms with Crippen LogP contribution in [-0.4, -0.2) is 16.6 Å². The van der Waals surface area contributed by atoms with Crippen LogP contribution in [0.2, 0.25) is 10.0 Å². The molecule has 2 rings (SSSR count). The van der Waals surface area contributed by atoms with E-state index in [-0.39, 0.29) is 0 Å². The molecule has 5 heteroatoms. The van der Waals surface area contributed by atoms with Crippen LogP contribution in [-0.2, 0) is 4.79 Å². The van der Waals surface area contributed by atoms with Gasteiger partial charge in [-0.2, -0.15) is 0 Å². The molecule has 1 aromatic rings. The number of carbonyl (C=O) groups is 1. The van der Waals surface area contributed by atoms with Crippen molar-refractivity contribution >= 4 is 34.9 Å². The molecule has 0 unspecified atom stereocenters. The molecule has 0 aliphatic heterocycles. The lowest BCUT2D eigenvalue weighted by Gasteiger charge is -2.35. The second-order valence-corrected chi connectivity index (χ2v) is 5.54. The van der Waals surface area contributed by atoms with Crippen molar-refractivity contribution in [3.05, 3.63) is 28.2 Å². The van der Waals surface area contributed by atoms with Crippen LogP contribution in [0.1, 0.15) is 32.1 Å². The first kappa shape index (κ1) is 13.5. The summed E-state index contributed by atoms with van der Waals surface area (Å²) < 4.78 is 0. The number of carboxylic acid groups (broad SMARTS) is 1. The summed E-state index contributed by atoms with van der Waals surface area (Å²) >= 11 is 12.0. The van der Waals surface area contributed by atoms with Gasteiger partial charge < -0.3 is 10.4 Å². The highest BCUT2D eigenvalue weighted by Crippen LogP contribution is 2.35. The largest absolute Gasteiger partial charge is 0.480 e. The van der Waals surface area contributed by atoms with E-state index in [1.165, 1.54) is 0 Å². The van der Waals surface area contributed by atoms with Crippen LogP contribution in [0.15, 0.2) is 18.2 Å². The highest BCUT2D eigenvalue weighted by molar-refractivity contribution is 6.35. The molecule has 1 aliphatic rings. The van der Waals surface area contributed by atoms with Crippen LogP contribution >= 0.6 is 23.2 Å². The molecule has 18 heavy (non-hydrogen) atoms. The Morgan fingerprint density at radius 2 is 1.89 bits per heavy atom. The maximum absolute atomic E-state index is 11.5. The van der Waals surface area contributed by atoms with Gasteiger partial charge in [-0.3, -0.25) is 0 Å². The molecule has 1 aliphatic carbocycles. The second-order valence-electron chi connectivity index (χ2n) is 4.70. The Kier molecular flexibility index (Phi) is 4.03. The van der Waals surface area contributed by atoms with Gasteiger partial charge in [0.15, 0.2) is 0 Å². The number of rotatable bonds is 3. The van der Waals surface area contributed by atoms with E-state index in [1.54, 1.807) is 18.2 Å². The quantitative estimate of drug-likeness (QED) is 0.876. The average molecular weight is 288 g/mol. The summed E-state index contributed by atoms with van der Waals surface area (Å²) in [4.78, 5) is 11.5. The molecule has 0 radical (unpaired) electrons. The fourth-order valence-electron chi connectivity index (χ4n) is 2.40. The minimum absolute atomic E-state index is 0.491. The van der Waals surface area contributed by atoms with Crippen molar-refractivity contribution in [1.29, 1.82) is 0 Å². The SMILES string of the molecule is O=C(O)C1(Nc2cc(Cl)ccc2Cl)CCCCC1. The number of carboxylic acids is 1. The zero-order valence-corrected chi connectivity index (χ0v) is 11.4. The van der Waals surface area contributed by atoms with Crippen LogP contribution < -0.4 is 5.32 Å². The van der Waals surface area contributed by atoms with E-state index in [9.17, 15) is 9.90 Å². The molecule has 0 bridgehead atoms. The van der Waals surface area contributed by atoms with Gasteiger partial charge in [0.25, 0.3) is 0 Å². The van der Waals surface area contributed by atoms with Crippen LogP contribution in [0, 0.1) is 0 Å². The minimum Gasteiger partial charge on any atom is -0.480 e. The van der Waals surface area contributed by atoms with E-state index in [1.807, 2.05) is 0 Å². The van der Waals surface area contributed by atoms with Gasteiger partial charge in [-0.1, -0.05) is 42.5 Å². The van der Waals surface area contributed by atoms with E-state index >= 15 is 0 Å². The zero-order valence-electron chi connectivity index (χ0n) is 9.88. The molecular formula is C13H15Cl2NO2. The lowest BCUT2D eigenvalue weighted by Crippen LogP contribution is -2.47. The monoisotopic (exact) mass is 287 g/mol. The Morgan fingerprint density at radius 3 is 2.50 bits per heavy atom. The van der Waals surface area contributed by atoms with Gasteiger partial charge in [0.05, 0.1) is 10.7 Å². The number of hydrogen-bond donors (Lipinski definition) is 2. The predicted molar refractivity (Wildman–Crippen MR) is 73.5 cm³/mol. The van der Waals surface area contributed by atoms with Crippen molar-refractivity contribution in [2.45, 2.75) is 37.6 Å². The van der Waals surface area contributed by atoms with E-state index in [4.69, 9.17) is 23.2 Å². The lowest BCUT2D eigenvalue weighted by atomic mass is 9.81. The first-order valence-electron chi connectivity index (χ1n) is 6.00. The standard InChI is InChI=1S/C13H15Cl2NO2/c14-9-4-5-10(15)11(8-9)16-13(12(17)18)6-2-1-3-7-13/h4-5,8,16H,1-3,6-7H2,(H,17,18). The van der Waals surface area contributed by atoms with Crippen molar-refractivity contribution in [1.82, 2.24) is 0 Å². The lowest BCUT2D eigenvalue weighted by molar-refractivity contribution is -0.143. The number of nitrogens with one attached hydrogen (secondary N) is 1. The first-order chi connectivity index (χ1) is 8.53. The highest BCUT2D eigenvalue weighted by atomic mass is 35.5. The minimum atomic E-state index is -0.910. The Balaban J connectivity index is 2.28. The molecule has 1 aromatic carbocycles. The van der Waals surface area contributed by atoms with Crippen molar-refractivity contribution in [3.63, 3.8) is 0 Å². The van der Waals surface area contributed by atoms with Crippen molar-refractivity contribution in [2.24, 2.45) is 0 Å². The topological polar surface area (TPSA) is 49.3 Å². The van der Waals surface area contributed by atoms with Crippen molar-refractivity contribution < 1.29 is 9.90 Å². The van der Waals surface area contributed by atoms with Crippen LogP contribution in [0.5, 0.6) is 0 Å². The predicted octanol–water partition coefficient (Wildman–Crippen LogP) is 4.19. The number of anilines is 1. The van der Waals surface area contributed by atoms with E-state index in [0.29, 0.717) is 28.6 Å². The van der Waals surface area contributed by atoms with Gasteiger partial charge in [0.1, 0.15) is 5.54 Å². The zero-order chi connectivity index (χ0) is 13.2. The smallest absolute Gasteiger partial charge is 0.329 e. The summed E-state index contributed by atoms with van der Waals surface area (Å²) in [5, 5.41) is 13.6. The van der Waals surface area contributed by atoms with Gasteiger partial charge >= 0.3 is 5.97 Å². The summed E-state index contributed by atoms with van der Waals surface area (Å²) in [5.41, 5.74) is -0.319. The Bertz CT molecular complexity index is 456. The molecule has 0 saturated heterocycles. The Morgan fingerprint density at radius 1 is 1.22 bits per heavy atom. The molecule has 3 nitrogen and oxygen atoms in total. The maximum Gasteiger partial charge on any atom is 0.329 e. The van der Waals surface area contributed by atoms with E-state index in [2.05, 4.69) is 5.32 Å². The molecule has 98 valence electrons. The van der Waals surface area contributed by atoms with E-state index in [0.717, 1.165) is 19.3 Å². The van der Waals surface area contributed by atoms with Gasteiger partial charge in [-0.15, -0.1) is 0 Å². The maximum atomic E-state index is 11.5. The van der Waals surface area contributed by atoms with Crippen molar-refractivity contribution in [2.75, 3.05) is 5.32 Å². The second kappa shape index (κ2) is 5.37. The molecule has 1 saturated carbocycles. The van der Waals surface area contributed by atoms with Gasteiger partial charge in [0, 0.05) is 5.02 Å². The normalized spacial score (nSPS) is 18.3. The molecule has 0 spiro atoms. The van der Waals surface area contributed by atoms with Crippen LogP contribution in [0.3, 0.4) is 0 Å². The molecular weight excluding hydrogens is 273 g/mol.